The zero-order valence-electron chi connectivity index (χ0n) is 12.4. The van der Waals surface area contributed by atoms with Crippen LogP contribution in [0.2, 0.25) is 0 Å². The lowest BCUT2D eigenvalue weighted by Crippen LogP contribution is -2.14. The lowest BCUT2D eigenvalue weighted by molar-refractivity contribution is 0.130. The fourth-order valence-electron chi connectivity index (χ4n) is 2.57. The maximum absolute atomic E-state index is 13.7. The molecule has 1 aromatic rings. The van der Waals surface area contributed by atoms with E-state index in [0.717, 1.165) is 12.5 Å². The van der Waals surface area contributed by atoms with Gasteiger partial charge < -0.3 is 5.11 Å². The summed E-state index contributed by atoms with van der Waals surface area (Å²) in [5.74, 6) is -0.963. The molecule has 0 fully saturated rings. The number of benzene rings is 1. The molecule has 0 saturated heterocycles. The van der Waals surface area contributed by atoms with Crippen LogP contribution in [0.3, 0.4) is 0 Å². The molecule has 0 radical (unpaired) electrons. The van der Waals surface area contributed by atoms with E-state index in [1.54, 1.807) is 6.92 Å². The Kier molecular flexibility index (Phi) is 5.08. The Bertz CT molecular complexity index is 435. The Morgan fingerprint density at radius 2 is 1.74 bits per heavy atom. The quantitative estimate of drug-likeness (QED) is 0.835. The topological polar surface area (TPSA) is 20.2 Å². The molecule has 1 N–H and O–H groups in total. The van der Waals surface area contributed by atoms with E-state index < -0.39 is 17.7 Å². The van der Waals surface area contributed by atoms with Crippen LogP contribution < -0.4 is 0 Å². The first-order chi connectivity index (χ1) is 8.60. The van der Waals surface area contributed by atoms with Crippen molar-refractivity contribution in [3.63, 3.8) is 0 Å². The predicted molar refractivity (Wildman–Crippen MR) is 73.9 cm³/mol. The summed E-state index contributed by atoms with van der Waals surface area (Å²) in [6, 6.07) is 2.25. The van der Waals surface area contributed by atoms with Gasteiger partial charge in [-0.3, -0.25) is 0 Å². The highest BCUT2D eigenvalue weighted by atomic mass is 19.1. The van der Waals surface area contributed by atoms with Crippen molar-refractivity contribution < 1.29 is 13.9 Å². The lowest BCUT2D eigenvalue weighted by atomic mass is 9.82. The molecule has 1 nitrogen and oxygen atoms in total. The first-order valence-corrected chi connectivity index (χ1v) is 6.74. The first-order valence-electron chi connectivity index (χ1n) is 6.74. The van der Waals surface area contributed by atoms with Crippen molar-refractivity contribution in [1.82, 2.24) is 0 Å². The van der Waals surface area contributed by atoms with E-state index in [9.17, 15) is 13.9 Å². The Hall–Kier alpha value is -0.960. The molecule has 0 aliphatic heterocycles. The number of aryl methyl sites for hydroxylation is 1. The molecule has 0 bridgehead atoms. The van der Waals surface area contributed by atoms with Gasteiger partial charge in [0.2, 0.25) is 0 Å². The molecular formula is C16H24F2O. The number of aliphatic hydroxyl groups excluding tert-OH is 1. The Morgan fingerprint density at radius 1 is 1.16 bits per heavy atom. The monoisotopic (exact) mass is 270 g/mol. The minimum absolute atomic E-state index is 0.177. The molecule has 2 unspecified atom stereocenters. The van der Waals surface area contributed by atoms with Gasteiger partial charge in [-0.25, -0.2) is 8.78 Å². The normalized spacial score (nSPS) is 15.4. The second-order valence-electron chi connectivity index (χ2n) is 6.74. The number of halogens is 2. The summed E-state index contributed by atoms with van der Waals surface area (Å²) >= 11 is 0. The molecule has 1 aromatic carbocycles. The molecule has 0 heterocycles. The molecule has 0 amide bonds. The van der Waals surface area contributed by atoms with E-state index in [0.29, 0.717) is 12.0 Å². The second-order valence-corrected chi connectivity index (χ2v) is 6.74. The molecule has 0 spiro atoms. The van der Waals surface area contributed by atoms with Gasteiger partial charge in [-0.15, -0.1) is 0 Å². The third-order valence-electron chi connectivity index (χ3n) is 3.22. The van der Waals surface area contributed by atoms with Crippen molar-refractivity contribution in [2.75, 3.05) is 0 Å². The summed E-state index contributed by atoms with van der Waals surface area (Å²) in [4.78, 5) is 0. The van der Waals surface area contributed by atoms with Gasteiger partial charge in [0.1, 0.15) is 11.6 Å². The SMILES string of the molecule is Cc1cc(C(O)CC(C)CC(C)(C)C)c(F)cc1F. The first kappa shape index (κ1) is 16.1. The average molecular weight is 270 g/mol. The van der Waals surface area contributed by atoms with Gasteiger partial charge in [-0.05, 0) is 42.7 Å². The van der Waals surface area contributed by atoms with E-state index >= 15 is 0 Å². The van der Waals surface area contributed by atoms with E-state index in [4.69, 9.17) is 0 Å². The highest BCUT2D eigenvalue weighted by Crippen LogP contribution is 2.31. The van der Waals surface area contributed by atoms with Gasteiger partial charge in [-0.1, -0.05) is 27.7 Å². The average Bonchev–Trinajstić information content (AvgIpc) is 2.20. The molecule has 1 rings (SSSR count). The van der Waals surface area contributed by atoms with Gasteiger partial charge in [0.15, 0.2) is 0 Å². The van der Waals surface area contributed by atoms with Crippen LogP contribution in [-0.2, 0) is 0 Å². The fraction of sp³-hybridized carbons (Fsp3) is 0.625. The van der Waals surface area contributed by atoms with Crippen LogP contribution in [-0.4, -0.2) is 5.11 Å². The van der Waals surface area contributed by atoms with E-state index in [-0.39, 0.29) is 16.9 Å². The van der Waals surface area contributed by atoms with Crippen LogP contribution >= 0.6 is 0 Å². The summed E-state index contributed by atoms with van der Waals surface area (Å²) < 4.78 is 26.9. The van der Waals surface area contributed by atoms with Crippen LogP contribution in [0.4, 0.5) is 8.78 Å². The van der Waals surface area contributed by atoms with E-state index in [1.807, 2.05) is 6.92 Å². The van der Waals surface area contributed by atoms with Gasteiger partial charge >= 0.3 is 0 Å². The van der Waals surface area contributed by atoms with Crippen LogP contribution in [0.5, 0.6) is 0 Å². The van der Waals surface area contributed by atoms with Gasteiger partial charge in [0, 0.05) is 11.6 Å². The third kappa shape index (κ3) is 4.90. The van der Waals surface area contributed by atoms with Crippen molar-refractivity contribution in [3.8, 4) is 0 Å². The minimum Gasteiger partial charge on any atom is -0.388 e. The number of hydrogen-bond acceptors (Lipinski definition) is 1. The summed E-state index contributed by atoms with van der Waals surface area (Å²) in [6.45, 7) is 10.0. The molecule has 19 heavy (non-hydrogen) atoms. The zero-order chi connectivity index (χ0) is 14.8. The molecule has 108 valence electrons. The van der Waals surface area contributed by atoms with Crippen LogP contribution in [0.25, 0.3) is 0 Å². The van der Waals surface area contributed by atoms with E-state index in [1.165, 1.54) is 6.07 Å². The molecule has 0 aromatic heterocycles. The molecule has 0 saturated carbocycles. The molecule has 2 atom stereocenters. The largest absolute Gasteiger partial charge is 0.388 e. The summed E-state index contributed by atoms with van der Waals surface area (Å²) in [5, 5.41) is 10.1. The van der Waals surface area contributed by atoms with Crippen molar-refractivity contribution in [1.29, 1.82) is 0 Å². The van der Waals surface area contributed by atoms with Gasteiger partial charge in [-0.2, -0.15) is 0 Å². The second kappa shape index (κ2) is 6.00. The van der Waals surface area contributed by atoms with Gasteiger partial charge in [0.25, 0.3) is 0 Å². The lowest BCUT2D eigenvalue weighted by Gasteiger charge is -2.25. The van der Waals surface area contributed by atoms with Crippen molar-refractivity contribution in [2.45, 2.75) is 53.6 Å². The van der Waals surface area contributed by atoms with Crippen molar-refractivity contribution >= 4 is 0 Å². The van der Waals surface area contributed by atoms with E-state index in [2.05, 4.69) is 20.8 Å². The highest BCUT2D eigenvalue weighted by molar-refractivity contribution is 5.27. The molecule has 0 aliphatic rings. The number of hydrogen-bond donors (Lipinski definition) is 1. The molecule has 3 heteroatoms. The highest BCUT2D eigenvalue weighted by Gasteiger charge is 2.21. The van der Waals surface area contributed by atoms with Crippen LogP contribution in [0.15, 0.2) is 12.1 Å². The predicted octanol–water partition coefficient (Wildman–Crippen LogP) is 4.77. The maximum Gasteiger partial charge on any atom is 0.131 e. The Labute approximate surface area is 114 Å². The summed E-state index contributed by atoms with van der Waals surface area (Å²) in [5.41, 5.74) is 0.731. The summed E-state index contributed by atoms with van der Waals surface area (Å²) in [6.07, 6.45) is 0.558. The Morgan fingerprint density at radius 3 is 2.26 bits per heavy atom. The fourth-order valence-corrected chi connectivity index (χ4v) is 2.57. The molecular weight excluding hydrogens is 246 g/mol. The Balaban J connectivity index is 2.78. The molecule has 0 aliphatic carbocycles. The van der Waals surface area contributed by atoms with Gasteiger partial charge in [0.05, 0.1) is 6.10 Å². The minimum atomic E-state index is -0.878. The number of aliphatic hydroxyl groups is 1. The number of rotatable bonds is 4. The third-order valence-corrected chi connectivity index (χ3v) is 3.22. The summed E-state index contributed by atoms with van der Waals surface area (Å²) in [7, 11) is 0. The van der Waals surface area contributed by atoms with Crippen molar-refractivity contribution in [2.24, 2.45) is 11.3 Å². The van der Waals surface area contributed by atoms with Crippen molar-refractivity contribution in [3.05, 3.63) is 34.9 Å². The van der Waals surface area contributed by atoms with Crippen LogP contribution in [0, 0.1) is 29.9 Å². The van der Waals surface area contributed by atoms with Crippen LogP contribution in [0.1, 0.15) is 57.8 Å². The standard InChI is InChI=1S/C16H24F2O/c1-10(9-16(3,4)5)6-15(19)12-7-11(2)13(17)8-14(12)18/h7-8,10,15,19H,6,9H2,1-5H3. The smallest absolute Gasteiger partial charge is 0.131 e. The zero-order valence-corrected chi connectivity index (χ0v) is 12.4. The maximum atomic E-state index is 13.7.